The van der Waals surface area contributed by atoms with Gasteiger partial charge in [-0.2, -0.15) is 0 Å². The molecule has 3 aromatic carbocycles. The number of aryl methyl sites for hydroxylation is 1. The van der Waals surface area contributed by atoms with Crippen LogP contribution in [0.2, 0.25) is 0 Å². The third-order valence-electron chi connectivity index (χ3n) is 5.34. The summed E-state index contributed by atoms with van der Waals surface area (Å²) in [6, 6.07) is 29.0. The van der Waals surface area contributed by atoms with Crippen LogP contribution in [0.3, 0.4) is 0 Å². The summed E-state index contributed by atoms with van der Waals surface area (Å²) in [7, 11) is -0.000522. The van der Waals surface area contributed by atoms with Crippen molar-refractivity contribution in [2.45, 2.75) is 0 Å². The lowest BCUT2D eigenvalue weighted by Crippen LogP contribution is -2.23. The molecule has 5 rings (SSSR count). The molecule has 0 aliphatic rings. The predicted molar refractivity (Wildman–Crippen MR) is 142 cm³/mol. The van der Waals surface area contributed by atoms with E-state index in [-0.39, 0.29) is 0 Å². The first-order valence-corrected chi connectivity index (χ1v) is 13.2. The number of benzene rings is 3. The van der Waals surface area contributed by atoms with Crippen molar-refractivity contribution in [2.24, 2.45) is 17.3 Å². The van der Waals surface area contributed by atoms with E-state index >= 15 is 0 Å². The zero-order chi connectivity index (χ0) is 26.4. The summed E-state index contributed by atoms with van der Waals surface area (Å²) in [4.78, 5) is 0. The number of ether oxygens (including phenoxy) is 1. The van der Waals surface area contributed by atoms with Crippen LogP contribution < -0.4 is 9.30 Å². The number of azo groups is 1. The Hall–Kier alpha value is -3.90. The molecule has 5 aromatic rings. The van der Waals surface area contributed by atoms with Gasteiger partial charge in [-0.3, -0.25) is 4.18 Å². The Labute approximate surface area is 218 Å². The molecule has 2 aromatic heterocycles. The monoisotopic (exact) mass is 536 g/mol. The van der Waals surface area contributed by atoms with Gasteiger partial charge in [-0.05, 0) is 34.7 Å². The summed E-state index contributed by atoms with van der Waals surface area (Å²) in [6.07, 6.45) is 1.91. The molecule has 0 amide bonds. The van der Waals surface area contributed by atoms with Crippen LogP contribution in [0.1, 0.15) is 0 Å². The molecule has 11 heteroatoms. The molecule has 0 fully saturated rings. The fourth-order valence-electron chi connectivity index (χ4n) is 3.71. The Balaban J connectivity index is 0.000000480. The summed E-state index contributed by atoms with van der Waals surface area (Å²) < 4.78 is 40.5. The standard InChI is InChI=1S/C25H21N4OS.CH4O4S/c1-28-17-22(30-2)31-25(28)27-26-23-20-15-9-10-16-21(20)29(19-13-7-4-8-14-19)24(23)18-11-5-3-6-12-18;1-5-6(2,3)4/h3-17H,1-2H3;1H3,(H,2,3,4)/q+1;/p-1. The number of methoxy groups -OCH3 is 1. The lowest BCUT2D eigenvalue weighted by molar-refractivity contribution is -0.654. The number of rotatable bonds is 6. The second kappa shape index (κ2) is 11.4. The van der Waals surface area contributed by atoms with Gasteiger partial charge >= 0.3 is 5.13 Å². The Bertz CT molecular complexity index is 1630. The molecule has 0 atom stereocenters. The van der Waals surface area contributed by atoms with Crippen LogP contribution >= 0.6 is 11.3 Å². The van der Waals surface area contributed by atoms with E-state index < -0.39 is 10.4 Å². The largest absolute Gasteiger partial charge is 0.726 e. The molecule has 190 valence electrons. The number of aromatic nitrogens is 2. The third-order valence-corrected chi connectivity index (χ3v) is 6.78. The Morgan fingerprint density at radius 2 is 1.49 bits per heavy atom. The van der Waals surface area contributed by atoms with Crippen LogP contribution in [0, 0.1) is 0 Å². The first-order valence-electron chi connectivity index (χ1n) is 11.0. The van der Waals surface area contributed by atoms with E-state index in [2.05, 4.69) is 68.5 Å². The van der Waals surface area contributed by atoms with Crippen molar-refractivity contribution in [3.8, 4) is 22.0 Å². The molecule has 0 saturated heterocycles. The normalized spacial score (nSPS) is 11.5. The lowest BCUT2D eigenvalue weighted by atomic mass is 10.1. The fourth-order valence-corrected chi connectivity index (χ4v) is 4.46. The van der Waals surface area contributed by atoms with Gasteiger partial charge in [-0.15, -0.1) is 0 Å². The van der Waals surface area contributed by atoms with E-state index in [9.17, 15) is 13.0 Å². The zero-order valence-corrected chi connectivity index (χ0v) is 21.9. The Kier molecular flexibility index (Phi) is 8.09. The molecule has 0 unspecified atom stereocenters. The second-order valence-corrected chi connectivity index (χ2v) is 9.80. The van der Waals surface area contributed by atoms with Crippen LogP contribution in [-0.4, -0.2) is 31.8 Å². The van der Waals surface area contributed by atoms with Gasteiger partial charge in [0, 0.05) is 16.6 Å². The molecule has 0 radical (unpaired) electrons. The van der Waals surface area contributed by atoms with Crippen LogP contribution in [0.4, 0.5) is 10.8 Å². The molecule has 0 bridgehead atoms. The summed E-state index contributed by atoms with van der Waals surface area (Å²) in [5.41, 5.74) is 5.13. The molecule has 0 spiro atoms. The van der Waals surface area contributed by atoms with Crippen LogP contribution in [0.15, 0.2) is 101 Å². The smallest absolute Gasteiger partial charge is 0.411 e. The minimum Gasteiger partial charge on any atom is -0.726 e. The minimum absolute atomic E-state index is 0.771. The van der Waals surface area contributed by atoms with Crippen molar-refractivity contribution in [2.75, 3.05) is 14.2 Å². The summed E-state index contributed by atoms with van der Waals surface area (Å²) in [5.74, 6) is 0. The average molecular weight is 537 g/mol. The highest BCUT2D eigenvalue weighted by Gasteiger charge is 2.22. The maximum atomic E-state index is 9.22. The van der Waals surface area contributed by atoms with E-state index in [1.807, 2.05) is 48.1 Å². The first kappa shape index (κ1) is 26.2. The second-order valence-electron chi connectivity index (χ2n) is 7.67. The molecule has 0 N–H and O–H groups in total. The van der Waals surface area contributed by atoms with E-state index in [0.29, 0.717) is 0 Å². The van der Waals surface area contributed by atoms with Gasteiger partial charge in [0.25, 0.3) is 0 Å². The lowest BCUT2D eigenvalue weighted by Gasteiger charge is -2.11. The minimum atomic E-state index is -4.41. The molecular formula is C26H24N4O5S2. The van der Waals surface area contributed by atoms with Gasteiger partial charge in [0.15, 0.2) is 0 Å². The van der Waals surface area contributed by atoms with Crippen LogP contribution in [-0.2, 0) is 21.6 Å². The molecular weight excluding hydrogens is 512 g/mol. The number of para-hydroxylation sites is 2. The number of hydrogen-bond donors (Lipinski definition) is 0. The maximum Gasteiger partial charge on any atom is 0.411 e. The van der Waals surface area contributed by atoms with Crippen molar-refractivity contribution in [3.63, 3.8) is 0 Å². The molecule has 2 heterocycles. The molecule has 0 saturated carbocycles. The van der Waals surface area contributed by atoms with E-state index in [1.165, 1.54) is 11.3 Å². The molecule has 37 heavy (non-hydrogen) atoms. The SMILES string of the molecule is COS(=O)(=O)[O-].COc1c[n+](C)c(N=Nc2c(-c3ccccc3)n(-c3ccccc3)c3ccccc23)s1. The van der Waals surface area contributed by atoms with Gasteiger partial charge in [-0.25, -0.2) is 13.0 Å². The van der Waals surface area contributed by atoms with Gasteiger partial charge in [-0.1, -0.05) is 66.7 Å². The van der Waals surface area contributed by atoms with Gasteiger partial charge < -0.3 is 13.9 Å². The number of fused-ring (bicyclic) bond motifs is 1. The summed E-state index contributed by atoms with van der Waals surface area (Å²) in [6.45, 7) is 0. The number of nitrogens with zero attached hydrogens (tertiary/aromatic N) is 4. The fraction of sp³-hybridized carbons (Fsp3) is 0.115. The summed E-state index contributed by atoms with van der Waals surface area (Å²) >= 11 is 1.46. The topological polar surface area (TPSA) is 109 Å². The van der Waals surface area contributed by atoms with Gasteiger partial charge in [0.1, 0.15) is 11.9 Å². The zero-order valence-electron chi connectivity index (χ0n) is 20.3. The summed E-state index contributed by atoms with van der Waals surface area (Å²) in [5, 5.41) is 12.0. The highest BCUT2D eigenvalue weighted by atomic mass is 32.3. The van der Waals surface area contributed by atoms with E-state index in [1.54, 1.807) is 7.11 Å². The Morgan fingerprint density at radius 1 is 0.892 bits per heavy atom. The third kappa shape index (κ3) is 6.09. The predicted octanol–water partition coefficient (Wildman–Crippen LogP) is 5.70. The number of hydrogen-bond acceptors (Lipinski definition) is 8. The van der Waals surface area contributed by atoms with Crippen molar-refractivity contribution >= 4 is 43.5 Å². The highest BCUT2D eigenvalue weighted by molar-refractivity contribution is 7.80. The van der Waals surface area contributed by atoms with Gasteiger partial charge in [0.05, 0.1) is 37.6 Å². The molecule has 9 nitrogen and oxygen atoms in total. The van der Waals surface area contributed by atoms with E-state index in [0.717, 1.165) is 50.8 Å². The van der Waals surface area contributed by atoms with E-state index in [4.69, 9.17) is 9.85 Å². The average Bonchev–Trinajstić information content (AvgIpc) is 3.45. The first-order chi connectivity index (χ1) is 17.8. The number of thiazole rings is 1. The van der Waals surface area contributed by atoms with Crippen molar-refractivity contribution < 1.29 is 26.5 Å². The molecule has 0 aliphatic carbocycles. The quantitative estimate of drug-likeness (QED) is 0.120. The van der Waals surface area contributed by atoms with Crippen molar-refractivity contribution in [1.29, 1.82) is 0 Å². The Morgan fingerprint density at radius 3 is 2.08 bits per heavy atom. The maximum absolute atomic E-state index is 9.22. The molecule has 0 aliphatic heterocycles. The highest BCUT2D eigenvalue weighted by Crippen LogP contribution is 2.43. The van der Waals surface area contributed by atoms with Gasteiger partial charge in [0.2, 0.25) is 15.5 Å². The van der Waals surface area contributed by atoms with Crippen LogP contribution in [0.5, 0.6) is 5.06 Å². The van der Waals surface area contributed by atoms with Crippen LogP contribution in [0.25, 0.3) is 27.8 Å². The van der Waals surface area contributed by atoms with Crippen molar-refractivity contribution in [1.82, 2.24) is 4.57 Å². The van der Waals surface area contributed by atoms with Crippen molar-refractivity contribution in [3.05, 3.63) is 91.1 Å².